The smallest absolute Gasteiger partial charge is 0.0212 e. The quantitative estimate of drug-likeness (QED) is 0.400. The van der Waals surface area contributed by atoms with Crippen molar-refractivity contribution in [2.45, 2.75) is 0 Å². The van der Waals surface area contributed by atoms with Gasteiger partial charge in [0.25, 0.3) is 0 Å². The summed E-state index contributed by atoms with van der Waals surface area (Å²) >= 11 is 0. The van der Waals surface area contributed by atoms with Gasteiger partial charge in [-0.2, -0.15) is 0 Å². The van der Waals surface area contributed by atoms with Gasteiger partial charge < -0.3 is 0 Å². The Hall–Kier alpha value is -1.48. The molecule has 0 nitrogen and oxygen atoms in total. The predicted octanol–water partition coefficient (Wildman–Crippen LogP) is 5.02. The Morgan fingerprint density at radius 3 is 1.00 bits per heavy atom. The standard InChI is InChI=1S/C12H8.2C5H5.2Fe/c1-2-6-11(5-1)9-10-12-7-3-4-8-12;2*1-2-4-5-3-1;;/h1-8H;2*1-5H;;. The SMILES string of the molecule is C(#CC1=C[CH]C=C1)C1=C[CH]C=C1.[CH]1C=CC=C1.[CH]1C=CC=C1.[Fe].[Fe]. The number of hydrogen-bond acceptors (Lipinski definition) is 0. The molecule has 0 spiro atoms. The number of rotatable bonds is 0. The van der Waals surface area contributed by atoms with Crippen molar-refractivity contribution in [2.75, 3.05) is 0 Å². The van der Waals surface area contributed by atoms with Crippen LogP contribution in [0.15, 0.2) is 96.2 Å². The summed E-state index contributed by atoms with van der Waals surface area (Å²) in [5.41, 5.74) is 2.16. The summed E-state index contributed by atoms with van der Waals surface area (Å²) in [5.74, 6) is 6.15. The molecule has 0 aromatic heterocycles. The second-order valence-corrected chi connectivity index (χ2v) is 4.52. The molecule has 0 heterocycles. The molecule has 4 aliphatic rings. The van der Waals surface area contributed by atoms with Crippen LogP contribution in [-0.2, 0) is 34.1 Å². The summed E-state index contributed by atoms with van der Waals surface area (Å²) in [6, 6.07) is 0. The van der Waals surface area contributed by atoms with Crippen molar-refractivity contribution in [2.24, 2.45) is 0 Å². The zero-order valence-corrected chi connectivity index (χ0v) is 15.3. The molecule has 0 atom stereocenters. The summed E-state index contributed by atoms with van der Waals surface area (Å²) in [7, 11) is 0. The van der Waals surface area contributed by atoms with Crippen molar-refractivity contribution in [1.82, 2.24) is 0 Å². The largest absolute Gasteiger partial charge is 0.0767 e. The van der Waals surface area contributed by atoms with Crippen molar-refractivity contribution in [3.05, 3.63) is 122 Å². The molecule has 0 bridgehead atoms. The molecule has 0 fully saturated rings. The molecular formula is C22H18Fe2. The second-order valence-electron chi connectivity index (χ2n) is 4.52. The van der Waals surface area contributed by atoms with Crippen molar-refractivity contribution in [3.63, 3.8) is 0 Å². The van der Waals surface area contributed by atoms with Crippen LogP contribution in [0, 0.1) is 37.5 Å². The van der Waals surface area contributed by atoms with Crippen LogP contribution in [0.25, 0.3) is 0 Å². The number of hydrogen-bond donors (Lipinski definition) is 0. The average molecular weight is 394 g/mol. The van der Waals surface area contributed by atoms with E-state index in [0.29, 0.717) is 0 Å². The van der Waals surface area contributed by atoms with Gasteiger partial charge in [-0.15, -0.1) is 0 Å². The van der Waals surface area contributed by atoms with E-state index in [-0.39, 0.29) is 34.1 Å². The zero-order valence-electron chi connectivity index (χ0n) is 13.1. The Balaban J connectivity index is 0.000000370. The van der Waals surface area contributed by atoms with Gasteiger partial charge in [0.2, 0.25) is 0 Å². The molecule has 4 radical (unpaired) electrons. The Labute approximate surface area is 167 Å². The van der Waals surface area contributed by atoms with Gasteiger partial charge in [-0.3, -0.25) is 0 Å². The van der Waals surface area contributed by atoms with Gasteiger partial charge >= 0.3 is 0 Å². The van der Waals surface area contributed by atoms with Crippen LogP contribution in [-0.4, -0.2) is 0 Å². The van der Waals surface area contributed by atoms with Crippen LogP contribution >= 0.6 is 0 Å². The van der Waals surface area contributed by atoms with Crippen LogP contribution < -0.4 is 0 Å². The van der Waals surface area contributed by atoms with Gasteiger partial charge in [0.1, 0.15) is 0 Å². The first kappa shape index (κ1) is 22.5. The van der Waals surface area contributed by atoms with Crippen LogP contribution in [0.4, 0.5) is 0 Å². The van der Waals surface area contributed by atoms with E-state index in [9.17, 15) is 0 Å². The molecule has 2 heteroatoms. The molecule has 0 unspecified atom stereocenters. The molecule has 4 rings (SSSR count). The zero-order chi connectivity index (χ0) is 15.3. The van der Waals surface area contributed by atoms with E-state index in [1.807, 2.05) is 111 Å². The number of allylic oxidation sites excluding steroid dienone is 16. The molecule has 0 aliphatic heterocycles. The van der Waals surface area contributed by atoms with Crippen molar-refractivity contribution in [3.8, 4) is 11.8 Å². The first-order valence-corrected chi connectivity index (χ1v) is 7.24. The Morgan fingerprint density at radius 1 is 0.417 bits per heavy atom. The van der Waals surface area contributed by atoms with Gasteiger partial charge in [0, 0.05) is 71.0 Å². The molecule has 0 aromatic rings. The van der Waals surface area contributed by atoms with Gasteiger partial charge in [-0.1, -0.05) is 96.9 Å². The van der Waals surface area contributed by atoms with E-state index in [4.69, 9.17) is 0 Å². The average Bonchev–Trinajstić information content (AvgIpc) is 3.41. The van der Waals surface area contributed by atoms with Gasteiger partial charge in [0.05, 0.1) is 0 Å². The van der Waals surface area contributed by atoms with E-state index in [2.05, 4.69) is 11.8 Å². The molecule has 4 aliphatic carbocycles. The molecular weight excluding hydrogens is 376 g/mol. The fourth-order valence-electron chi connectivity index (χ4n) is 1.70. The summed E-state index contributed by atoms with van der Waals surface area (Å²) in [5, 5.41) is 0. The van der Waals surface area contributed by atoms with Gasteiger partial charge in [0.15, 0.2) is 0 Å². The summed E-state index contributed by atoms with van der Waals surface area (Å²) in [4.78, 5) is 0. The van der Waals surface area contributed by atoms with Crippen molar-refractivity contribution >= 4 is 0 Å². The third kappa shape index (κ3) is 10.3. The Morgan fingerprint density at radius 2 is 0.792 bits per heavy atom. The van der Waals surface area contributed by atoms with E-state index in [1.165, 1.54) is 0 Å². The van der Waals surface area contributed by atoms with Crippen LogP contribution in [0.3, 0.4) is 0 Å². The summed E-state index contributed by atoms with van der Waals surface area (Å²) < 4.78 is 0. The second kappa shape index (κ2) is 15.1. The first-order chi connectivity index (χ1) is 10.9. The third-order valence-corrected chi connectivity index (χ3v) is 2.79. The monoisotopic (exact) mass is 394 g/mol. The summed E-state index contributed by atoms with van der Waals surface area (Å²) in [6.45, 7) is 0. The van der Waals surface area contributed by atoms with Gasteiger partial charge in [-0.25, -0.2) is 0 Å². The fourth-order valence-corrected chi connectivity index (χ4v) is 1.70. The summed E-state index contributed by atoms with van der Waals surface area (Å²) in [6.07, 6.45) is 36.0. The fraction of sp³-hybridized carbons (Fsp3) is 0. The minimum absolute atomic E-state index is 0. The molecule has 0 N–H and O–H groups in total. The molecule has 0 saturated carbocycles. The van der Waals surface area contributed by atoms with Gasteiger partial charge in [-0.05, 0) is 0 Å². The normalized spacial score (nSPS) is 16.7. The molecule has 0 aromatic carbocycles. The molecule has 0 saturated heterocycles. The van der Waals surface area contributed by atoms with Crippen LogP contribution in [0.2, 0.25) is 0 Å². The van der Waals surface area contributed by atoms with Crippen LogP contribution in [0.1, 0.15) is 0 Å². The predicted molar refractivity (Wildman–Crippen MR) is 96.0 cm³/mol. The molecule has 24 heavy (non-hydrogen) atoms. The van der Waals surface area contributed by atoms with Crippen LogP contribution in [0.5, 0.6) is 0 Å². The maximum absolute atomic E-state index is 3.08. The Bertz CT molecular complexity index is 578. The minimum atomic E-state index is 0. The Kier molecular flexibility index (Phi) is 14.1. The van der Waals surface area contributed by atoms with Crippen molar-refractivity contribution in [1.29, 1.82) is 0 Å². The van der Waals surface area contributed by atoms with Crippen molar-refractivity contribution < 1.29 is 34.1 Å². The van der Waals surface area contributed by atoms with E-state index in [0.717, 1.165) is 11.1 Å². The molecule has 122 valence electrons. The third-order valence-electron chi connectivity index (χ3n) is 2.79. The maximum atomic E-state index is 3.08. The maximum Gasteiger partial charge on any atom is 0.0212 e. The van der Waals surface area contributed by atoms with E-state index in [1.54, 1.807) is 0 Å². The first-order valence-electron chi connectivity index (χ1n) is 7.24. The minimum Gasteiger partial charge on any atom is -0.0767 e. The topological polar surface area (TPSA) is 0 Å². The van der Waals surface area contributed by atoms with E-state index < -0.39 is 0 Å². The molecule has 0 amide bonds. The van der Waals surface area contributed by atoms with E-state index >= 15 is 0 Å².